The van der Waals surface area contributed by atoms with Crippen molar-refractivity contribution in [3.8, 4) is 11.5 Å². The summed E-state index contributed by atoms with van der Waals surface area (Å²) in [6, 6.07) is 16.4. The van der Waals surface area contributed by atoms with E-state index in [0.29, 0.717) is 12.4 Å². The van der Waals surface area contributed by atoms with Crippen molar-refractivity contribution in [2.24, 2.45) is 17.0 Å². The first-order valence-electron chi connectivity index (χ1n) is 14.6. The fraction of sp³-hybridized carbons (Fsp3) is 0.455. The number of halogens is 1. The van der Waals surface area contributed by atoms with Gasteiger partial charge in [0, 0.05) is 35.6 Å². The molecule has 1 saturated carbocycles. The van der Waals surface area contributed by atoms with Crippen LogP contribution in [-0.4, -0.2) is 45.4 Å². The van der Waals surface area contributed by atoms with Gasteiger partial charge in [0.25, 0.3) is 6.47 Å². The standard InChI is InChI=1S/C19H23ClN2OS.C12H17NO.C2H4O2/c1-22-12-15(6-2-4-14-5-3-7-16(20)10-14)13-23-19-9-8-17(24-21)11-18(19)22;1-2-10-6-12(8-13-7-10)14-9-11-4-3-5-11;1-4-2-3/h3,5,7-11,15H,2,4,6,12-13,21H2,1H3;6-8,11H,2-5,9H2,1H3;2H,1H3. The Morgan fingerprint density at radius 2 is 1.95 bits per heavy atom. The molecule has 2 aliphatic rings. The molecule has 1 atom stereocenters. The fourth-order valence-corrected chi connectivity index (χ4v) is 5.35. The smallest absolute Gasteiger partial charge is 0.292 e. The van der Waals surface area contributed by atoms with E-state index in [4.69, 9.17) is 31.0 Å². The topological polar surface area (TPSA) is 86.9 Å². The number of hydrogen-bond acceptors (Lipinski definition) is 8. The number of carbonyl (C=O) groups is 1. The molecule has 2 N–H and O–H groups in total. The van der Waals surface area contributed by atoms with E-state index in [-0.39, 0.29) is 0 Å². The number of benzene rings is 2. The zero-order valence-electron chi connectivity index (χ0n) is 25.0. The van der Waals surface area contributed by atoms with Crippen LogP contribution in [0.3, 0.4) is 0 Å². The van der Waals surface area contributed by atoms with E-state index >= 15 is 0 Å². The van der Waals surface area contributed by atoms with Gasteiger partial charge < -0.3 is 19.1 Å². The van der Waals surface area contributed by atoms with Crippen LogP contribution in [0.4, 0.5) is 5.69 Å². The average molecular weight is 614 g/mol. The molecule has 3 aromatic rings. The molecule has 2 heterocycles. The van der Waals surface area contributed by atoms with Crippen molar-refractivity contribution in [1.82, 2.24) is 4.98 Å². The summed E-state index contributed by atoms with van der Waals surface area (Å²) in [6.07, 6.45) is 12.1. The summed E-state index contributed by atoms with van der Waals surface area (Å²) in [7, 11) is 3.44. The van der Waals surface area contributed by atoms with E-state index in [0.717, 1.165) is 78.5 Å². The van der Waals surface area contributed by atoms with E-state index in [2.05, 4.69) is 52.9 Å². The number of ether oxygens (including phenoxy) is 3. The van der Waals surface area contributed by atoms with E-state index in [1.165, 1.54) is 49.4 Å². The van der Waals surface area contributed by atoms with Crippen molar-refractivity contribution < 1.29 is 19.0 Å². The molecule has 7 nitrogen and oxygen atoms in total. The molecule has 1 fully saturated rings. The number of methoxy groups -OCH3 is 1. The van der Waals surface area contributed by atoms with Crippen LogP contribution < -0.4 is 19.5 Å². The second kappa shape index (κ2) is 18.6. The van der Waals surface area contributed by atoms with Crippen LogP contribution in [0, 0.1) is 11.8 Å². The molecule has 0 radical (unpaired) electrons. The maximum atomic E-state index is 8.95. The number of anilines is 1. The molecule has 0 saturated heterocycles. The minimum Gasteiger partial charge on any atom is -0.492 e. The Balaban J connectivity index is 0.000000227. The van der Waals surface area contributed by atoms with Crippen molar-refractivity contribution in [3.63, 3.8) is 0 Å². The van der Waals surface area contributed by atoms with Gasteiger partial charge in [0.05, 0.1) is 32.2 Å². The number of carbonyl (C=O) groups excluding carboxylic acids is 1. The summed E-state index contributed by atoms with van der Waals surface area (Å²) in [6.45, 7) is 5.14. The quantitative estimate of drug-likeness (QED) is 0.187. The third-order valence-electron chi connectivity index (χ3n) is 7.44. The Labute approximate surface area is 260 Å². The summed E-state index contributed by atoms with van der Waals surface area (Å²) in [5.74, 6) is 3.19. The molecule has 1 aliphatic heterocycles. The highest BCUT2D eigenvalue weighted by molar-refractivity contribution is 7.97. The molecular weight excluding hydrogens is 570 g/mol. The Hall–Kier alpha value is -2.94. The second-order valence-corrected chi connectivity index (χ2v) is 11.8. The SMILES string of the molecule is CCc1cncc(OCC2CCC2)c1.CN1CC(CCCc2cccc(Cl)c2)COc2ccc(SN)cc21.COC=O. The Morgan fingerprint density at radius 1 is 1.14 bits per heavy atom. The first-order valence-corrected chi connectivity index (χ1v) is 15.8. The summed E-state index contributed by atoms with van der Waals surface area (Å²) in [4.78, 5) is 16.4. The van der Waals surface area contributed by atoms with Crippen LogP contribution in [0.1, 0.15) is 50.2 Å². The van der Waals surface area contributed by atoms with E-state index in [9.17, 15) is 0 Å². The average Bonchev–Trinajstić information content (AvgIpc) is 3.14. The van der Waals surface area contributed by atoms with E-state index in [1.54, 1.807) is 6.20 Å². The molecule has 1 aliphatic carbocycles. The molecule has 42 heavy (non-hydrogen) atoms. The van der Waals surface area contributed by atoms with Gasteiger partial charge in [0.1, 0.15) is 11.5 Å². The maximum Gasteiger partial charge on any atom is 0.292 e. The number of hydrogen-bond donors (Lipinski definition) is 1. The lowest BCUT2D eigenvalue weighted by Gasteiger charge is -2.25. The third kappa shape index (κ3) is 11.4. The third-order valence-corrected chi connectivity index (χ3v) is 8.20. The lowest BCUT2D eigenvalue weighted by atomic mass is 9.86. The van der Waals surface area contributed by atoms with Crippen molar-refractivity contribution in [2.75, 3.05) is 38.8 Å². The van der Waals surface area contributed by atoms with Gasteiger partial charge in [-0.2, -0.15) is 0 Å². The number of nitrogens with zero attached hydrogens (tertiary/aromatic N) is 2. The van der Waals surface area contributed by atoms with Gasteiger partial charge >= 0.3 is 0 Å². The zero-order valence-corrected chi connectivity index (χ0v) is 26.5. The molecule has 1 aromatic heterocycles. The van der Waals surface area contributed by atoms with Crippen LogP contribution in [0.2, 0.25) is 5.02 Å². The highest BCUT2D eigenvalue weighted by Gasteiger charge is 2.21. The monoisotopic (exact) mass is 613 g/mol. The number of nitrogens with two attached hydrogens (primary N) is 1. The maximum absolute atomic E-state index is 8.95. The molecule has 0 spiro atoms. The summed E-state index contributed by atoms with van der Waals surface area (Å²) in [5, 5.41) is 6.49. The number of aryl methyl sites for hydroxylation is 2. The normalized spacial score (nSPS) is 15.7. The van der Waals surface area contributed by atoms with Gasteiger partial charge in [0.2, 0.25) is 0 Å². The predicted molar refractivity (Wildman–Crippen MR) is 173 cm³/mol. The van der Waals surface area contributed by atoms with Gasteiger partial charge in [-0.1, -0.05) is 37.1 Å². The largest absolute Gasteiger partial charge is 0.492 e. The second-order valence-electron chi connectivity index (χ2n) is 10.6. The van der Waals surface area contributed by atoms with Crippen LogP contribution >= 0.6 is 23.5 Å². The number of rotatable bonds is 10. The van der Waals surface area contributed by atoms with Crippen molar-refractivity contribution >= 4 is 35.7 Å². The van der Waals surface area contributed by atoms with Gasteiger partial charge in [-0.15, -0.1) is 0 Å². The summed E-state index contributed by atoms with van der Waals surface area (Å²) >= 11 is 7.32. The van der Waals surface area contributed by atoms with Crippen molar-refractivity contribution in [1.29, 1.82) is 0 Å². The molecule has 1 unspecified atom stereocenters. The summed E-state index contributed by atoms with van der Waals surface area (Å²) in [5.41, 5.74) is 3.68. The van der Waals surface area contributed by atoms with E-state index in [1.807, 2.05) is 30.5 Å². The Morgan fingerprint density at radius 3 is 2.62 bits per heavy atom. The van der Waals surface area contributed by atoms with Crippen LogP contribution in [-0.2, 0) is 22.4 Å². The first kappa shape index (κ1) is 33.6. The molecule has 5 rings (SSSR count). The van der Waals surface area contributed by atoms with Gasteiger partial charge in [-0.3, -0.25) is 14.9 Å². The zero-order chi connectivity index (χ0) is 30.2. The van der Waals surface area contributed by atoms with Crippen molar-refractivity contribution in [3.05, 3.63) is 77.1 Å². The molecule has 9 heteroatoms. The highest BCUT2D eigenvalue weighted by Crippen LogP contribution is 2.35. The molecule has 2 aromatic carbocycles. The molecule has 228 valence electrons. The fourth-order valence-electron chi connectivity index (χ4n) is 4.81. The highest BCUT2D eigenvalue weighted by atomic mass is 35.5. The Bertz CT molecular complexity index is 1230. The number of aromatic nitrogens is 1. The van der Waals surface area contributed by atoms with Crippen molar-refractivity contribution in [2.45, 2.75) is 56.8 Å². The lowest BCUT2D eigenvalue weighted by Crippen LogP contribution is -2.26. The van der Waals surface area contributed by atoms with E-state index < -0.39 is 0 Å². The van der Waals surface area contributed by atoms with Gasteiger partial charge in [-0.05, 0) is 104 Å². The van der Waals surface area contributed by atoms with Gasteiger partial charge in [-0.25, -0.2) is 0 Å². The predicted octanol–water partition coefficient (Wildman–Crippen LogP) is 7.39. The van der Waals surface area contributed by atoms with Gasteiger partial charge in [0.15, 0.2) is 0 Å². The first-order chi connectivity index (χ1) is 20.4. The Kier molecular flexibility index (Phi) is 14.8. The number of pyridine rings is 1. The molecular formula is C33H44ClN3O4S. The minimum atomic E-state index is 0.375. The lowest BCUT2D eigenvalue weighted by molar-refractivity contribution is -0.126. The minimum absolute atomic E-state index is 0.375. The van der Waals surface area contributed by atoms with Crippen LogP contribution in [0.5, 0.6) is 11.5 Å². The molecule has 0 bridgehead atoms. The van der Waals surface area contributed by atoms with Crippen LogP contribution in [0.15, 0.2) is 65.8 Å². The van der Waals surface area contributed by atoms with Crippen LogP contribution in [0.25, 0.3) is 0 Å². The molecule has 0 amide bonds. The number of fused-ring (bicyclic) bond motifs is 1. The summed E-state index contributed by atoms with van der Waals surface area (Å²) < 4.78 is 15.6.